The number of aryl methyl sites for hydroxylation is 2. The van der Waals surface area contributed by atoms with E-state index in [4.69, 9.17) is 10.5 Å². The Kier molecular flexibility index (Phi) is 5.70. The van der Waals surface area contributed by atoms with Crippen molar-refractivity contribution >= 4 is 16.6 Å². The molecule has 1 aromatic heterocycles. The molecule has 0 aliphatic carbocycles. The van der Waals surface area contributed by atoms with Gasteiger partial charge in [-0.15, -0.1) is 0 Å². The van der Waals surface area contributed by atoms with Gasteiger partial charge in [-0.3, -0.25) is 4.98 Å². The topological polar surface area (TPSA) is 89.0 Å². The zero-order valence-corrected chi connectivity index (χ0v) is 18.0. The molecule has 2 aromatic carbocycles. The fourth-order valence-electron chi connectivity index (χ4n) is 3.47. The highest BCUT2D eigenvalue weighted by molar-refractivity contribution is 7.89. The van der Waals surface area contributed by atoms with Gasteiger partial charge in [0.2, 0.25) is 5.88 Å². The minimum absolute atomic E-state index is 0.00150. The number of pyridine rings is 1. The van der Waals surface area contributed by atoms with Gasteiger partial charge >= 0.3 is 0 Å². The van der Waals surface area contributed by atoms with Gasteiger partial charge in [0.05, 0.1) is 21.6 Å². The van der Waals surface area contributed by atoms with E-state index < -0.39 is 16.7 Å². The summed E-state index contributed by atoms with van der Waals surface area (Å²) in [4.78, 5) is 5.47. The molecule has 31 heavy (non-hydrogen) atoms. The zero-order valence-electron chi connectivity index (χ0n) is 17.2. The van der Waals surface area contributed by atoms with E-state index >= 15 is 0 Å². The Morgan fingerprint density at radius 2 is 1.65 bits per heavy atom. The van der Waals surface area contributed by atoms with Crippen molar-refractivity contribution in [2.45, 2.75) is 24.7 Å². The van der Waals surface area contributed by atoms with E-state index in [-0.39, 0.29) is 11.5 Å². The van der Waals surface area contributed by atoms with Gasteiger partial charge in [-0.1, -0.05) is 53.6 Å². The lowest BCUT2D eigenvalue weighted by Crippen LogP contribution is -2.23. The molecule has 0 amide bonds. The molecule has 1 aliphatic rings. The average Bonchev–Trinajstić information content (AvgIpc) is 2.79. The van der Waals surface area contributed by atoms with Crippen LogP contribution in [0.4, 0.5) is 0 Å². The number of nitrogens with two attached hydrogens (primary N) is 1. The number of rotatable bonds is 4. The van der Waals surface area contributed by atoms with Gasteiger partial charge in [-0.25, -0.2) is 4.21 Å². The SMILES string of the molecule is Cc1ccc([C@@H]2C(C#N)=C(N)OC(c3ccccn3)=C2[S@@](=O)c2ccc(C)cc2)cc1. The molecule has 6 heteroatoms. The predicted molar refractivity (Wildman–Crippen MR) is 121 cm³/mol. The van der Waals surface area contributed by atoms with E-state index in [0.717, 1.165) is 16.7 Å². The second-order valence-corrected chi connectivity index (χ2v) is 8.77. The van der Waals surface area contributed by atoms with E-state index in [1.165, 1.54) is 0 Å². The summed E-state index contributed by atoms with van der Waals surface area (Å²) in [5.41, 5.74) is 9.88. The number of hydrogen-bond acceptors (Lipinski definition) is 5. The number of nitrogens with zero attached hydrogens (tertiary/aromatic N) is 2. The van der Waals surface area contributed by atoms with Crippen molar-refractivity contribution in [1.82, 2.24) is 4.98 Å². The van der Waals surface area contributed by atoms with Crippen LogP contribution in [-0.2, 0) is 15.5 Å². The molecule has 0 saturated carbocycles. The Morgan fingerprint density at radius 3 is 2.23 bits per heavy atom. The van der Waals surface area contributed by atoms with Gasteiger partial charge in [0.25, 0.3) is 0 Å². The van der Waals surface area contributed by atoms with Gasteiger partial charge in [-0.2, -0.15) is 5.26 Å². The first-order valence-electron chi connectivity index (χ1n) is 9.77. The Morgan fingerprint density at radius 1 is 1.00 bits per heavy atom. The van der Waals surface area contributed by atoms with E-state index in [2.05, 4.69) is 11.1 Å². The molecule has 1 aliphatic heterocycles. The number of hydrogen-bond donors (Lipinski definition) is 1. The average molecular weight is 428 g/mol. The van der Waals surface area contributed by atoms with Crippen LogP contribution in [0.2, 0.25) is 0 Å². The predicted octanol–water partition coefficient (Wildman–Crippen LogP) is 4.68. The van der Waals surface area contributed by atoms with Crippen LogP contribution in [0.15, 0.2) is 94.2 Å². The summed E-state index contributed by atoms with van der Waals surface area (Å²) in [5, 5.41) is 9.91. The van der Waals surface area contributed by atoms with Crippen molar-refractivity contribution < 1.29 is 8.95 Å². The van der Waals surface area contributed by atoms with Crippen LogP contribution in [0.3, 0.4) is 0 Å². The number of ether oxygens (including phenoxy) is 1. The molecule has 2 atom stereocenters. The zero-order chi connectivity index (χ0) is 22.0. The second kappa shape index (κ2) is 8.58. The number of nitriles is 1. The molecule has 0 unspecified atom stereocenters. The van der Waals surface area contributed by atoms with Crippen LogP contribution in [0.1, 0.15) is 28.3 Å². The van der Waals surface area contributed by atoms with Crippen molar-refractivity contribution in [1.29, 1.82) is 5.26 Å². The van der Waals surface area contributed by atoms with Crippen molar-refractivity contribution in [3.63, 3.8) is 0 Å². The van der Waals surface area contributed by atoms with E-state index in [1.807, 2.05) is 68.4 Å². The lowest BCUT2D eigenvalue weighted by atomic mass is 9.88. The van der Waals surface area contributed by atoms with Crippen LogP contribution in [0.25, 0.3) is 5.76 Å². The van der Waals surface area contributed by atoms with Gasteiger partial charge in [0.15, 0.2) is 5.76 Å². The fourth-order valence-corrected chi connectivity index (χ4v) is 4.89. The van der Waals surface area contributed by atoms with Crippen molar-refractivity contribution in [2.24, 2.45) is 5.73 Å². The van der Waals surface area contributed by atoms with Crippen LogP contribution in [-0.4, -0.2) is 9.19 Å². The molecule has 0 spiro atoms. The quantitative estimate of drug-likeness (QED) is 0.653. The smallest absolute Gasteiger partial charge is 0.205 e. The fraction of sp³-hybridized carbons (Fsp3) is 0.120. The van der Waals surface area contributed by atoms with Gasteiger partial charge < -0.3 is 10.5 Å². The summed E-state index contributed by atoms with van der Waals surface area (Å²) in [7, 11) is -1.61. The molecule has 2 heterocycles. The number of allylic oxidation sites excluding steroid dienone is 2. The van der Waals surface area contributed by atoms with Crippen LogP contribution in [0, 0.1) is 25.2 Å². The monoisotopic (exact) mass is 427 g/mol. The maximum absolute atomic E-state index is 13.9. The standard InChI is InChI=1S/C25H21N3O2S/c1-16-6-10-18(11-7-16)22-20(15-26)25(27)30-23(21-5-3-4-14-28-21)24(22)31(29)19-12-8-17(2)9-13-19/h3-14,22H,27H2,1-2H3/t22-,31+/m1/s1. The van der Waals surface area contributed by atoms with E-state index in [1.54, 1.807) is 18.3 Å². The highest BCUT2D eigenvalue weighted by Gasteiger charge is 2.37. The summed E-state index contributed by atoms with van der Waals surface area (Å²) in [6.07, 6.45) is 1.64. The Hall–Kier alpha value is -3.69. The molecular weight excluding hydrogens is 406 g/mol. The molecule has 2 N–H and O–H groups in total. The first-order chi connectivity index (χ1) is 15.0. The second-order valence-electron chi connectivity index (χ2n) is 7.33. The first kappa shape index (κ1) is 20.6. The summed E-state index contributed by atoms with van der Waals surface area (Å²) in [6.45, 7) is 3.96. The van der Waals surface area contributed by atoms with Crippen LogP contribution >= 0.6 is 0 Å². The van der Waals surface area contributed by atoms with Crippen molar-refractivity contribution in [3.8, 4) is 6.07 Å². The van der Waals surface area contributed by atoms with Gasteiger partial charge in [-0.05, 0) is 43.7 Å². The highest BCUT2D eigenvalue weighted by atomic mass is 32.2. The third kappa shape index (κ3) is 4.00. The molecule has 4 rings (SSSR count). The normalized spacial score (nSPS) is 17.1. The van der Waals surface area contributed by atoms with Crippen molar-refractivity contribution in [3.05, 3.63) is 112 Å². The Bertz CT molecular complexity index is 1240. The van der Waals surface area contributed by atoms with E-state index in [0.29, 0.717) is 21.3 Å². The lowest BCUT2D eigenvalue weighted by Gasteiger charge is -2.28. The minimum Gasteiger partial charge on any atom is -0.437 e. The summed E-state index contributed by atoms with van der Waals surface area (Å²) in [5.74, 6) is -0.293. The maximum atomic E-state index is 13.9. The largest absolute Gasteiger partial charge is 0.437 e. The third-order valence-electron chi connectivity index (χ3n) is 5.12. The number of benzene rings is 2. The minimum atomic E-state index is -1.61. The van der Waals surface area contributed by atoms with Crippen LogP contribution < -0.4 is 5.73 Å². The molecule has 0 radical (unpaired) electrons. The summed E-state index contributed by atoms with van der Waals surface area (Å²) < 4.78 is 19.8. The van der Waals surface area contributed by atoms with Gasteiger partial charge in [0, 0.05) is 11.1 Å². The molecule has 0 fully saturated rings. The molecule has 154 valence electrons. The van der Waals surface area contributed by atoms with Crippen LogP contribution in [0.5, 0.6) is 0 Å². The summed E-state index contributed by atoms with van der Waals surface area (Å²) in [6, 6.07) is 22.8. The lowest BCUT2D eigenvalue weighted by molar-refractivity contribution is 0.357. The third-order valence-corrected chi connectivity index (χ3v) is 6.64. The van der Waals surface area contributed by atoms with Crippen molar-refractivity contribution in [2.75, 3.05) is 0 Å². The molecule has 5 nitrogen and oxygen atoms in total. The maximum Gasteiger partial charge on any atom is 0.205 e. The Balaban J connectivity index is 1.99. The van der Waals surface area contributed by atoms with E-state index in [9.17, 15) is 9.47 Å². The molecular formula is C25H21N3O2S. The molecule has 0 bridgehead atoms. The number of aromatic nitrogens is 1. The first-order valence-corrected chi connectivity index (χ1v) is 10.9. The molecule has 3 aromatic rings. The highest BCUT2D eigenvalue weighted by Crippen LogP contribution is 2.44. The Labute approximate surface area is 184 Å². The van der Waals surface area contributed by atoms with Gasteiger partial charge in [0.1, 0.15) is 17.3 Å². The summed E-state index contributed by atoms with van der Waals surface area (Å²) >= 11 is 0. The molecule has 0 saturated heterocycles.